The first-order valence-corrected chi connectivity index (χ1v) is 9.19. The molecular weight excluding hydrogens is 354 g/mol. The molecule has 0 fully saturated rings. The fourth-order valence-corrected chi connectivity index (χ4v) is 3.77. The van der Waals surface area contributed by atoms with E-state index in [0.717, 1.165) is 33.5 Å². The number of fused-ring (bicyclic) bond motifs is 6. The van der Waals surface area contributed by atoms with Crippen molar-refractivity contribution < 1.29 is 4.79 Å². The Morgan fingerprint density at radius 3 is 2.89 bits per heavy atom. The monoisotopic (exact) mass is 373 g/mol. The zero-order valence-corrected chi connectivity index (χ0v) is 15.4. The molecule has 1 aliphatic heterocycles. The standard InChI is InChI=1S/C20H19N7O/c1-26-20-14(10-21-26)7-15-9-19(28)23-17(13-5-3-2-4-6-13)8-16-11-27(25-24-16)12-18(20)22-15/h2-7,10-11,17H,8-9,12H2,1H3,(H,23,28)/t17-/m1/s1. The predicted octanol–water partition coefficient (Wildman–Crippen LogP) is 1.56. The smallest absolute Gasteiger partial charge is 0.226 e. The molecule has 1 amide bonds. The third kappa shape index (κ3) is 3.02. The number of hydrogen-bond acceptors (Lipinski definition) is 5. The average Bonchev–Trinajstić information content (AvgIpc) is 3.28. The van der Waals surface area contributed by atoms with Crippen molar-refractivity contribution in [2.24, 2.45) is 7.05 Å². The van der Waals surface area contributed by atoms with Gasteiger partial charge in [0, 0.05) is 25.1 Å². The Morgan fingerprint density at radius 2 is 2.04 bits per heavy atom. The highest BCUT2D eigenvalue weighted by Gasteiger charge is 2.20. The van der Waals surface area contributed by atoms with Crippen molar-refractivity contribution in [3.05, 3.63) is 71.4 Å². The molecule has 0 unspecified atom stereocenters. The zero-order valence-electron chi connectivity index (χ0n) is 15.4. The average molecular weight is 373 g/mol. The van der Waals surface area contributed by atoms with Crippen LogP contribution in [-0.4, -0.2) is 35.7 Å². The second-order valence-corrected chi connectivity index (χ2v) is 7.09. The van der Waals surface area contributed by atoms with Gasteiger partial charge in [0.2, 0.25) is 5.91 Å². The molecule has 4 bridgehead atoms. The SMILES string of the molecule is Cn1ncc2cc3nc(c21)Cn1cc(nn1)C[C@H](c1ccccc1)NC(=O)C3. The van der Waals surface area contributed by atoms with Gasteiger partial charge in [0.05, 0.1) is 47.8 Å². The van der Waals surface area contributed by atoms with Crippen LogP contribution in [0.4, 0.5) is 0 Å². The summed E-state index contributed by atoms with van der Waals surface area (Å²) < 4.78 is 3.59. The van der Waals surface area contributed by atoms with Gasteiger partial charge in [0.1, 0.15) is 0 Å². The Kier molecular flexibility index (Phi) is 3.89. The van der Waals surface area contributed by atoms with Gasteiger partial charge >= 0.3 is 0 Å². The van der Waals surface area contributed by atoms with Gasteiger partial charge in [0.15, 0.2) is 0 Å². The van der Waals surface area contributed by atoms with E-state index in [0.29, 0.717) is 13.0 Å². The van der Waals surface area contributed by atoms with E-state index >= 15 is 0 Å². The molecule has 5 rings (SSSR count). The van der Waals surface area contributed by atoms with Crippen LogP contribution in [0.5, 0.6) is 0 Å². The maximum Gasteiger partial charge on any atom is 0.226 e. The van der Waals surface area contributed by atoms with Crippen molar-refractivity contribution >= 4 is 16.8 Å². The quantitative estimate of drug-likeness (QED) is 0.547. The fourth-order valence-electron chi connectivity index (χ4n) is 3.77. The topological polar surface area (TPSA) is 90.5 Å². The fraction of sp³-hybridized carbons (Fsp3) is 0.250. The summed E-state index contributed by atoms with van der Waals surface area (Å²) in [6, 6.07) is 11.7. The van der Waals surface area contributed by atoms with Crippen molar-refractivity contribution in [1.82, 2.24) is 35.1 Å². The van der Waals surface area contributed by atoms with E-state index < -0.39 is 0 Å². The van der Waals surface area contributed by atoms with Gasteiger partial charge in [-0.3, -0.25) is 14.5 Å². The molecule has 1 atom stereocenters. The Bertz CT molecular complexity index is 1160. The molecule has 1 N–H and O–H groups in total. The first kappa shape index (κ1) is 16.6. The third-order valence-electron chi connectivity index (χ3n) is 5.03. The van der Waals surface area contributed by atoms with E-state index in [1.54, 1.807) is 15.6 Å². The van der Waals surface area contributed by atoms with Crippen LogP contribution >= 0.6 is 0 Å². The summed E-state index contributed by atoms with van der Waals surface area (Å²) in [5.41, 5.74) is 4.36. The number of benzene rings is 1. The maximum absolute atomic E-state index is 12.8. The third-order valence-corrected chi connectivity index (χ3v) is 5.03. The van der Waals surface area contributed by atoms with Crippen LogP contribution in [0.15, 0.2) is 48.8 Å². The van der Waals surface area contributed by atoms with Crippen molar-refractivity contribution in [1.29, 1.82) is 0 Å². The summed E-state index contributed by atoms with van der Waals surface area (Å²) in [7, 11) is 1.89. The van der Waals surface area contributed by atoms with Gasteiger partial charge < -0.3 is 5.32 Å². The minimum Gasteiger partial charge on any atom is -0.349 e. The van der Waals surface area contributed by atoms with Crippen molar-refractivity contribution in [2.75, 3.05) is 0 Å². The molecule has 0 saturated heterocycles. The number of carbonyl (C=O) groups is 1. The van der Waals surface area contributed by atoms with Gasteiger partial charge in [-0.15, -0.1) is 5.10 Å². The van der Waals surface area contributed by atoms with Crippen LogP contribution < -0.4 is 5.32 Å². The minimum absolute atomic E-state index is 0.0662. The molecule has 1 aliphatic rings. The number of aryl methyl sites for hydroxylation is 1. The number of hydrogen-bond donors (Lipinski definition) is 1. The van der Waals surface area contributed by atoms with Crippen LogP contribution in [0.1, 0.15) is 28.7 Å². The first-order chi connectivity index (χ1) is 13.7. The number of pyridine rings is 1. The molecule has 4 heterocycles. The highest BCUT2D eigenvalue weighted by Crippen LogP contribution is 2.22. The maximum atomic E-state index is 12.8. The molecule has 0 aliphatic carbocycles. The van der Waals surface area contributed by atoms with E-state index in [-0.39, 0.29) is 18.4 Å². The Morgan fingerprint density at radius 1 is 1.18 bits per heavy atom. The van der Waals surface area contributed by atoms with E-state index in [2.05, 4.69) is 20.7 Å². The first-order valence-electron chi connectivity index (χ1n) is 9.19. The van der Waals surface area contributed by atoms with Crippen molar-refractivity contribution in [3.63, 3.8) is 0 Å². The largest absolute Gasteiger partial charge is 0.349 e. The lowest BCUT2D eigenvalue weighted by atomic mass is 10.0. The number of amides is 1. The molecule has 8 heteroatoms. The predicted molar refractivity (Wildman–Crippen MR) is 102 cm³/mol. The van der Waals surface area contributed by atoms with Gasteiger partial charge in [0.25, 0.3) is 0 Å². The molecule has 8 nitrogen and oxygen atoms in total. The second kappa shape index (κ2) is 6.56. The molecule has 140 valence electrons. The van der Waals surface area contributed by atoms with Crippen LogP contribution in [0.2, 0.25) is 0 Å². The molecule has 4 aromatic rings. The van der Waals surface area contributed by atoms with E-state index in [1.807, 2.05) is 49.6 Å². The molecule has 28 heavy (non-hydrogen) atoms. The molecule has 1 aromatic carbocycles. The summed E-state index contributed by atoms with van der Waals surface area (Å²) in [5.74, 6) is -0.0662. The summed E-state index contributed by atoms with van der Waals surface area (Å²) >= 11 is 0. The lowest BCUT2D eigenvalue weighted by Gasteiger charge is -2.19. The molecule has 0 saturated carbocycles. The van der Waals surface area contributed by atoms with Crippen molar-refractivity contribution in [3.8, 4) is 0 Å². The summed E-state index contributed by atoms with van der Waals surface area (Å²) in [5, 5.41) is 17.0. The van der Waals surface area contributed by atoms with Gasteiger partial charge in [-0.2, -0.15) is 5.10 Å². The number of nitrogens with one attached hydrogen (secondary N) is 1. The normalized spacial score (nSPS) is 17.0. The van der Waals surface area contributed by atoms with Crippen LogP contribution in [0.3, 0.4) is 0 Å². The highest BCUT2D eigenvalue weighted by molar-refractivity contribution is 5.84. The van der Waals surface area contributed by atoms with Crippen molar-refractivity contribution in [2.45, 2.75) is 25.4 Å². The minimum atomic E-state index is -0.167. The number of carbonyl (C=O) groups excluding carboxylic acids is 1. The summed E-state index contributed by atoms with van der Waals surface area (Å²) in [6.07, 6.45) is 4.51. The van der Waals surface area contributed by atoms with Crippen LogP contribution in [0, 0.1) is 0 Å². The van der Waals surface area contributed by atoms with E-state index in [4.69, 9.17) is 4.98 Å². The number of rotatable bonds is 1. The molecule has 0 radical (unpaired) electrons. The van der Waals surface area contributed by atoms with Crippen LogP contribution in [0.25, 0.3) is 10.9 Å². The lowest BCUT2D eigenvalue weighted by molar-refractivity contribution is -0.121. The molecule has 0 spiro atoms. The Labute approximate surface area is 161 Å². The number of nitrogens with zero attached hydrogens (tertiary/aromatic N) is 6. The molecule has 3 aromatic heterocycles. The summed E-state index contributed by atoms with van der Waals surface area (Å²) in [6.45, 7) is 0.481. The lowest BCUT2D eigenvalue weighted by Crippen LogP contribution is -2.31. The number of aromatic nitrogens is 6. The van der Waals surface area contributed by atoms with Gasteiger partial charge in [-0.05, 0) is 11.6 Å². The zero-order chi connectivity index (χ0) is 19.1. The van der Waals surface area contributed by atoms with E-state index in [1.165, 1.54) is 0 Å². The van der Waals surface area contributed by atoms with Crippen LogP contribution in [-0.2, 0) is 31.2 Å². The summed E-state index contributed by atoms with van der Waals surface area (Å²) in [4.78, 5) is 17.5. The van der Waals surface area contributed by atoms with Gasteiger partial charge in [-0.1, -0.05) is 35.5 Å². The Hall–Kier alpha value is -3.55. The van der Waals surface area contributed by atoms with Gasteiger partial charge in [-0.25, -0.2) is 4.68 Å². The highest BCUT2D eigenvalue weighted by atomic mass is 16.1. The second-order valence-electron chi connectivity index (χ2n) is 7.09. The van der Waals surface area contributed by atoms with E-state index in [9.17, 15) is 4.79 Å². The Balaban J connectivity index is 1.60. The molecular formula is C20H19N7O.